The third-order valence-electron chi connectivity index (χ3n) is 8.47. The molecular formula is C41H44N2O7S. The number of aliphatic hydroxyl groups is 1. The Hall–Kier alpha value is -5.16. The lowest BCUT2D eigenvalue weighted by atomic mass is 9.91. The monoisotopic (exact) mass is 708 g/mol. The molecule has 0 unspecified atom stereocenters. The van der Waals surface area contributed by atoms with Crippen molar-refractivity contribution in [1.29, 1.82) is 0 Å². The standard InChI is InChI=1S/C41H44N2O7S/c1-28-23-39(29(2)30(3)40(28)33-15-17-34(18-16-33)41(45)50-27-32-13-9-6-10-14-32)48-22-21-42-25-37(44)35-19-20-38(36(24-35)43-51(4,46)47)49-26-31-11-7-5-8-12-31/h5-20,23-24,37,42-44H,21-22,25-27H2,1-4H3/t37-/m1/s1. The number of aryl methyl sites for hydroxylation is 1. The molecule has 5 rings (SSSR count). The predicted octanol–water partition coefficient (Wildman–Crippen LogP) is 7.29. The maximum atomic E-state index is 12.6. The molecule has 0 amide bonds. The van der Waals surface area contributed by atoms with Gasteiger partial charge in [-0.15, -0.1) is 0 Å². The fraction of sp³-hybridized carbons (Fsp3) is 0.244. The third kappa shape index (κ3) is 10.4. The Kier molecular flexibility index (Phi) is 12.5. The Morgan fingerprint density at radius 3 is 2.06 bits per heavy atom. The van der Waals surface area contributed by atoms with Crippen LogP contribution in [0.15, 0.2) is 109 Å². The van der Waals surface area contributed by atoms with Gasteiger partial charge in [-0.2, -0.15) is 0 Å². The maximum absolute atomic E-state index is 12.6. The van der Waals surface area contributed by atoms with Gasteiger partial charge in [0.05, 0.1) is 23.6 Å². The highest BCUT2D eigenvalue weighted by Crippen LogP contribution is 2.35. The molecule has 0 heterocycles. The van der Waals surface area contributed by atoms with Gasteiger partial charge >= 0.3 is 5.97 Å². The van der Waals surface area contributed by atoms with Crippen LogP contribution >= 0.6 is 0 Å². The molecule has 0 aromatic heterocycles. The van der Waals surface area contributed by atoms with Crippen LogP contribution in [0.25, 0.3) is 11.1 Å². The summed E-state index contributed by atoms with van der Waals surface area (Å²) in [7, 11) is -3.58. The van der Waals surface area contributed by atoms with Crippen LogP contribution in [0, 0.1) is 20.8 Å². The molecule has 10 heteroatoms. The number of ether oxygens (including phenoxy) is 3. The second kappa shape index (κ2) is 17.2. The van der Waals surface area contributed by atoms with E-state index in [1.165, 1.54) is 0 Å². The number of nitrogens with one attached hydrogen (secondary N) is 2. The van der Waals surface area contributed by atoms with Gasteiger partial charge in [-0.3, -0.25) is 4.72 Å². The van der Waals surface area contributed by atoms with Crippen molar-refractivity contribution >= 4 is 21.7 Å². The highest BCUT2D eigenvalue weighted by Gasteiger charge is 2.17. The zero-order chi connectivity index (χ0) is 36.4. The topological polar surface area (TPSA) is 123 Å². The van der Waals surface area contributed by atoms with E-state index in [1.807, 2.05) is 92.7 Å². The molecule has 0 aliphatic heterocycles. The summed E-state index contributed by atoms with van der Waals surface area (Å²) in [6.07, 6.45) is 0.179. The fourth-order valence-corrected chi connectivity index (χ4v) is 6.26. The summed E-state index contributed by atoms with van der Waals surface area (Å²) in [4.78, 5) is 12.6. The second-order valence-corrected chi connectivity index (χ2v) is 14.2. The van der Waals surface area contributed by atoms with Gasteiger partial charge in [0.2, 0.25) is 10.0 Å². The van der Waals surface area contributed by atoms with Crippen molar-refractivity contribution in [1.82, 2.24) is 5.32 Å². The summed E-state index contributed by atoms with van der Waals surface area (Å²) in [6, 6.07) is 33.6. The normalized spacial score (nSPS) is 11.9. The zero-order valence-electron chi connectivity index (χ0n) is 29.3. The van der Waals surface area contributed by atoms with E-state index in [1.54, 1.807) is 30.3 Å². The van der Waals surface area contributed by atoms with E-state index in [9.17, 15) is 18.3 Å². The van der Waals surface area contributed by atoms with Crippen molar-refractivity contribution < 1.29 is 32.5 Å². The van der Waals surface area contributed by atoms with Gasteiger partial charge in [-0.25, -0.2) is 13.2 Å². The van der Waals surface area contributed by atoms with Gasteiger partial charge in [-0.05, 0) is 95.6 Å². The minimum Gasteiger partial charge on any atom is -0.492 e. The average molecular weight is 709 g/mol. The van der Waals surface area contributed by atoms with Gasteiger partial charge in [0.25, 0.3) is 0 Å². The number of rotatable bonds is 16. The van der Waals surface area contributed by atoms with Crippen LogP contribution in [0.3, 0.4) is 0 Å². The molecule has 0 radical (unpaired) electrons. The van der Waals surface area contributed by atoms with E-state index in [4.69, 9.17) is 14.2 Å². The van der Waals surface area contributed by atoms with Crippen LogP contribution in [-0.4, -0.2) is 45.4 Å². The van der Waals surface area contributed by atoms with Crippen molar-refractivity contribution in [2.45, 2.75) is 40.1 Å². The molecule has 0 bridgehead atoms. The van der Waals surface area contributed by atoms with Crippen molar-refractivity contribution in [3.8, 4) is 22.6 Å². The van der Waals surface area contributed by atoms with Crippen LogP contribution in [0.1, 0.15) is 49.8 Å². The molecule has 266 valence electrons. The van der Waals surface area contributed by atoms with Crippen LogP contribution in [0.5, 0.6) is 11.5 Å². The second-order valence-electron chi connectivity index (χ2n) is 12.4. The SMILES string of the molecule is Cc1cc(OCCNC[C@@H](O)c2ccc(OCc3ccccc3)c(NS(C)(=O)=O)c2)c(C)c(C)c1-c1ccc(C(=O)OCc2ccccc2)cc1. The number of anilines is 1. The average Bonchev–Trinajstić information content (AvgIpc) is 3.12. The number of sulfonamides is 1. The van der Waals surface area contributed by atoms with Gasteiger partial charge in [0.1, 0.15) is 31.3 Å². The molecule has 51 heavy (non-hydrogen) atoms. The summed E-state index contributed by atoms with van der Waals surface area (Å²) < 4.78 is 44.1. The van der Waals surface area contributed by atoms with Crippen LogP contribution in [-0.2, 0) is 28.0 Å². The third-order valence-corrected chi connectivity index (χ3v) is 9.06. The summed E-state index contributed by atoms with van der Waals surface area (Å²) >= 11 is 0. The van der Waals surface area contributed by atoms with E-state index < -0.39 is 16.1 Å². The molecule has 0 fully saturated rings. The molecule has 1 atom stereocenters. The Balaban J connectivity index is 1.14. The lowest BCUT2D eigenvalue weighted by Crippen LogP contribution is -2.26. The summed E-state index contributed by atoms with van der Waals surface area (Å²) in [5.74, 6) is 0.778. The number of hydrogen-bond donors (Lipinski definition) is 3. The highest BCUT2D eigenvalue weighted by atomic mass is 32.2. The first-order valence-corrected chi connectivity index (χ1v) is 18.6. The highest BCUT2D eigenvalue weighted by molar-refractivity contribution is 7.92. The van der Waals surface area contributed by atoms with Gasteiger partial charge in [-0.1, -0.05) is 78.9 Å². The molecular weight excluding hydrogens is 665 g/mol. The Bertz CT molecular complexity index is 2040. The molecule has 0 saturated carbocycles. The van der Waals surface area contributed by atoms with Gasteiger partial charge in [0, 0.05) is 13.1 Å². The van der Waals surface area contributed by atoms with E-state index in [0.29, 0.717) is 30.0 Å². The molecule has 0 spiro atoms. The predicted molar refractivity (Wildman–Crippen MR) is 201 cm³/mol. The zero-order valence-corrected chi connectivity index (χ0v) is 30.1. The van der Waals surface area contributed by atoms with Crippen LogP contribution in [0.2, 0.25) is 0 Å². The summed E-state index contributed by atoms with van der Waals surface area (Å²) in [6.45, 7) is 7.70. The van der Waals surface area contributed by atoms with Crippen molar-refractivity contribution in [2.24, 2.45) is 0 Å². The minimum atomic E-state index is -3.58. The number of carbonyl (C=O) groups excluding carboxylic acids is 1. The first-order valence-electron chi connectivity index (χ1n) is 16.7. The molecule has 0 aliphatic carbocycles. The molecule has 5 aromatic rings. The lowest BCUT2D eigenvalue weighted by molar-refractivity contribution is 0.0472. The van der Waals surface area contributed by atoms with E-state index >= 15 is 0 Å². The van der Waals surface area contributed by atoms with Crippen LogP contribution in [0.4, 0.5) is 5.69 Å². The Morgan fingerprint density at radius 2 is 1.41 bits per heavy atom. The molecule has 5 aromatic carbocycles. The largest absolute Gasteiger partial charge is 0.492 e. The molecule has 0 aliphatic rings. The summed E-state index contributed by atoms with van der Waals surface area (Å²) in [5, 5.41) is 14.1. The maximum Gasteiger partial charge on any atom is 0.338 e. The number of benzene rings is 5. The van der Waals surface area contributed by atoms with Crippen molar-refractivity contribution in [3.63, 3.8) is 0 Å². The van der Waals surface area contributed by atoms with Crippen LogP contribution < -0.4 is 19.5 Å². The fourth-order valence-electron chi connectivity index (χ4n) is 5.70. The van der Waals surface area contributed by atoms with E-state index in [2.05, 4.69) is 17.0 Å². The van der Waals surface area contributed by atoms with Crippen molar-refractivity contribution in [2.75, 3.05) is 30.7 Å². The lowest BCUT2D eigenvalue weighted by Gasteiger charge is -2.19. The molecule has 0 saturated heterocycles. The number of aliphatic hydroxyl groups excluding tert-OH is 1. The smallest absolute Gasteiger partial charge is 0.338 e. The van der Waals surface area contributed by atoms with Gasteiger partial charge in [0.15, 0.2) is 0 Å². The van der Waals surface area contributed by atoms with Gasteiger partial charge < -0.3 is 24.6 Å². The number of esters is 1. The minimum absolute atomic E-state index is 0.224. The first kappa shape index (κ1) is 37.1. The number of hydrogen-bond acceptors (Lipinski definition) is 8. The first-order chi connectivity index (χ1) is 24.5. The molecule has 9 nitrogen and oxygen atoms in total. The van der Waals surface area contributed by atoms with E-state index in [-0.39, 0.29) is 31.4 Å². The van der Waals surface area contributed by atoms with E-state index in [0.717, 1.165) is 50.9 Å². The Labute approximate surface area is 300 Å². The summed E-state index contributed by atoms with van der Waals surface area (Å²) in [5.41, 5.74) is 8.41. The Morgan fingerprint density at radius 1 is 0.765 bits per heavy atom. The quantitative estimate of drug-likeness (QED) is 0.0722. The molecule has 3 N–H and O–H groups in total. The number of carbonyl (C=O) groups is 1. The van der Waals surface area contributed by atoms with Crippen molar-refractivity contribution in [3.05, 3.63) is 148 Å².